The summed E-state index contributed by atoms with van der Waals surface area (Å²) in [6, 6.07) is 2.05. The van der Waals surface area contributed by atoms with Gasteiger partial charge in [0.25, 0.3) is 5.91 Å². The molecule has 6 heteroatoms. The Morgan fingerprint density at radius 2 is 1.87 bits per heavy atom. The van der Waals surface area contributed by atoms with Gasteiger partial charge in [-0.15, -0.1) is 11.5 Å². The smallest absolute Gasteiger partial charge is 0.327 e. The molecule has 1 rings (SSSR count). The van der Waals surface area contributed by atoms with Crippen LogP contribution in [0.2, 0.25) is 18.1 Å². The number of amides is 1. The molecule has 0 radical (unpaired) electrons. The van der Waals surface area contributed by atoms with Crippen molar-refractivity contribution in [1.82, 2.24) is 10.3 Å². The molecule has 2 N–H and O–H groups in total. The molecule has 0 bridgehead atoms. The molecule has 0 aliphatic carbocycles. The van der Waals surface area contributed by atoms with Crippen molar-refractivity contribution in [2.75, 3.05) is 0 Å². The van der Waals surface area contributed by atoms with Gasteiger partial charge in [0.2, 0.25) is 0 Å². The van der Waals surface area contributed by atoms with E-state index in [4.69, 9.17) is 0 Å². The molecule has 0 spiro atoms. The first kappa shape index (κ1) is 18.9. The van der Waals surface area contributed by atoms with E-state index in [-0.39, 0.29) is 11.5 Å². The standard InChI is InChI=1S/C17H24N2O3Si/c1-17(2,3)23(4,5)12-6-7-14(16(21)22)19-15(20)13-8-10-18-11-9-13/h8-11,14H,7H2,1-5H3,(H,19,20)(H,21,22)/t14-/m1/s1. The number of hydrogen-bond acceptors (Lipinski definition) is 3. The Bertz CT molecular complexity index is 625. The molecule has 0 aliphatic rings. The zero-order valence-corrected chi connectivity index (χ0v) is 15.3. The van der Waals surface area contributed by atoms with Crippen molar-refractivity contribution in [1.29, 1.82) is 0 Å². The molecule has 1 aromatic heterocycles. The second-order valence-electron chi connectivity index (χ2n) is 6.98. The highest BCUT2D eigenvalue weighted by molar-refractivity contribution is 6.87. The molecular formula is C17H24N2O3Si. The van der Waals surface area contributed by atoms with Gasteiger partial charge in [-0.2, -0.15) is 0 Å². The predicted molar refractivity (Wildman–Crippen MR) is 92.7 cm³/mol. The topological polar surface area (TPSA) is 79.3 Å². The van der Waals surface area contributed by atoms with E-state index in [1.165, 1.54) is 24.5 Å². The van der Waals surface area contributed by atoms with Gasteiger partial charge in [-0.05, 0) is 17.2 Å². The molecule has 0 unspecified atom stereocenters. The maximum atomic E-state index is 12.0. The minimum absolute atomic E-state index is 0.0959. The summed E-state index contributed by atoms with van der Waals surface area (Å²) in [4.78, 5) is 27.2. The second kappa shape index (κ2) is 7.42. The Balaban J connectivity index is 2.79. The number of carboxylic acid groups (broad SMARTS) is 1. The summed E-state index contributed by atoms with van der Waals surface area (Å²) in [5.41, 5.74) is 3.64. The number of carbonyl (C=O) groups excluding carboxylic acids is 1. The van der Waals surface area contributed by atoms with Gasteiger partial charge in [-0.25, -0.2) is 4.79 Å². The van der Waals surface area contributed by atoms with Crippen molar-refractivity contribution in [3.8, 4) is 11.5 Å². The van der Waals surface area contributed by atoms with Crippen molar-refractivity contribution in [2.24, 2.45) is 0 Å². The van der Waals surface area contributed by atoms with Crippen molar-refractivity contribution in [3.05, 3.63) is 30.1 Å². The molecular weight excluding hydrogens is 308 g/mol. The lowest BCUT2D eigenvalue weighted by atomic mass is 10.2. The lowest BCUT2D eigenvalue weighted by Gasteiger charge is -2.31. The summed E-state index contributed by atoms with van der Waals surface area (Å²) in [6.45, 7) is 10.8. The third-order valence-electron chi connectivity index (χ3n) is 4.13. The lowest BCUT2D eigenvalue weighted by molar-refractivity contribution is -0.139. The highest BCUT2D eigenvalue weighted by atomic mass is 28.3. The lowest BCUT2D eigenvalue weighted by Crippen LogP contribution is -2.41. The summed E-state index contributed by atoms with van der Waals surface area (Å²) in [6.07, 6.45) is 3.07. The predicted octanol–water partition coefficient (Wildman–Crippen LogP) is 2.71. The van der Waals surface area contributed by atoms with Crippen LogP contribution in [0.25, 0.3) is 0 Å². The molecule has 5 nitrogen and oxygen atoms in total. The minimum Gasteiger partial charge on any atom is -0.480 e. The molecule has 0 aromatic carbocycles. The third kappa shape index (κ3) is 5.53. The van der Waals surface area contributed by atoms with Crippen LogP contribution in [0.15, 0.2) is 24.5 Å². The number of pyridine rings is 1. The fraction of sp³-hybridized carbons (Fsp3) is 0.471. The number of aliphatic carboxylic acids is 1. The first-order chi connectivity index (χ1) is 10.5. The number of carbonyl (C=O) groups is 2. The molecule has 1 amide bonds. The maximum Gasteiger partial charge on any atom is 0.327 e. The van der Waals surface area contributed by atoms with Crippen LogP contribution in [0.3, 0.4) is 0 Å². The number of rotatable bonds is 4. The minimum atomic E-state index is -1.79. The van der Waals surface area contributed by atoms with Gasteiger partial charge in [-0.1, -0.05) is 33.9 Å². The average molecular weight is 332 g/mol. The number of aromatic nitrogens is 1. The van der Waals surface area contributed by atoms with Crippen LogP contribution in [0.1, 0.15) is 37.6 Å². The normalized spacial score (nSPS) is 12.7. The van der Waals surface area contributed by atoms with Crippen LogP contribution < -0.4 is 5.32 Å². The molecule has 1 aromatic rings. The Kier molecular flexibility index (Phi) is 6.10. The van der Waals surface area contributed by atoms with Crippen LogP contribution in [0, 0.1) is 11.5 Å². The van der Waals surface area contributed by atoms with Gasteiger partial charge in [-0.3, -0.25) is 9.78 Å². The first-order valence-corrected chi connectivity index (χ1v) is 10.5. The van der Waals surface area contributed by atoms with Gasteiger partial charge in [0.1, 0.15) is 14.1 Å². The SMILES string of the molecule is CC(C)(C)[Si](C)(C)C#CC[C@@H](NC(=O)c1ccncc1)C(=O)O. The molecule has 1 heterocycles. The summed E-state index contributed by atoms with van der Waals surface area (Å²) in [5, 5.41) is 11.9. The van der Waals surface area contributed by atoms with E-state index < -0.39 is 26.0 Å². The van der Waals surface area contributed by atoms with Gasteiger partial charge in [0.15, 0.2) is 0 Å². The number of nitrogens with one attached hydrogen (secondary N) is 1. The summed E-state index contributed by atoms with van der Waals surface area (Å²) < 4.78 is 0. The van der Waals surface area contributed by atoms with Crippen molar-refractivity contribution < 1.29 is 14.7 Å². The molecule has 0 aliphatic heterocycles. The molecule has 1 atom stereocenters. The number of nitrogens with zero attached hydrogens (tertiary/aromatic N) is 1. The Labute approximate surface area is 138 Å². The van der Waals surface area contributed by atoms with Crippen molar-refractivity contribution >= 4 is 20.0 Å². The summed E-state index contributed by atoms with van der Waals surface area (Å²) in [5.74, 6) is 1.45. The fourth-order valence-electron chi connectivity index (χ4n) is 1.51. The second-order valence-corrected chi connectivity index (χ2v) is 12.0. The number of carboxylic acids is 1. The highest BCUT2D eigenvalue weighted by Crippen LogP contribution is 2.35. The number of hydrogen-bond donors (Lipinski definition) is 2. The van der Waals surface area contributed by atoms with E-state index in [1.54, 1.807) is 0 Å². The monoisotopic (exact) mass is 332 g/mol. The van der Waals surface area contributed by atoms with Crippen LogP contribution in [-0.2, 0) is 4.79 Å². The van der Waals surface area contributed by atoms with Gasteiger partial charge < -0.3 is 10.4 Å². The van der Waals surface area contributed by atoms with Crippen LogP contribution in [0.5, 0.6) is 0 Å². The quantitative estimate of drug-likeness (QED) is 0.656. The van der Waals surface area contributed by atoms with Gasteiger partial charge in [0, 0.05) is 24.4 Å². The molecule has 0 fully saturated rings. The highest BCUT2D eigenvalue weighted by Gasteiger charge is 2.33. The molecule has 0 saturated heterocycles. The summed E-state index contributed by atoms with van der Waals surface area (Å²) in [7, 11) is -1.79. The average Bonchev–Trinajstić information content (AvgIpc) is 2.45. The summed E-state index contributed by atoms with van der Waals surface area (Å²) >= 11 is 0. The van der Waals surface area contributed by atoms with E-state index in [0.29, 0.717) is 5.56 Å². The van der Waals surface area contributed by atoms with Crippen LogP contribution >= 0.6 is 0 Å². The molecule has 23 heavy (non-hydrogen) atoms. The van der Waals surface area contributed by atoms with E-state index in [9.17, 15) is 14.7 Å². The third-order valence-corrected chi connectivity index (χ3v) is 8.68. The largest absolute Gasteiger partial charge is 0.480 e. The Hall–Kier alpha value is -2.13. The Morgan fingerprint density at radius 1 is 1.30 bits per heavy atom. The molecule has 0 saturated carbocycles. The zero-order valence-electron chi connectivity index (χ0n) is 14.3. The van der Waals surface area contributed by atoms with E-state index >= 15 is 0 Å². The van der Waals surface area contributed by atoms with Crippen LogP contribution in [0.4, 0.5) is 0 Å². The molecule has 124 valence electrons. The van der Waals surface area contributed by atoms with Crippen molar-refractivity contribution in [2.45, 2.75) is 51.4 Å². The van der Waals surface area contributed by atoms with Crippen LogP contribution in [-0.4, -0.2) is 36.1 Å². The fourth-order valence-corrected chi connectivity index (χ4v) is 2.43. The zero-order chi connectivity index (χ0) is 17.7. The van der Waals surface area contributed by atoms with E-state index in [1.807, 2.05) is 0 Å². The van der Waals surface area contributed by atoms with Crippen molar-refractivity contribution in [3.63, 3.8) is 0 Å². The van der Waals surface area contributed by atoms with Gasteiger partial charge >= 0.3 is 5.97 Å². The first-order valence-electron chi connectivity index (χ1n) is 7.48. The Morgan fingerprint density at radius 3 is 2.35 bits per heavy atom. The maximum absolute atomic E-state index is 12.0. The van der Waals surface area contributed by atoms with Gasteiger partial charge in [0.05, 0.1) is 0 Å². The van der Waals surface area contributed by atoms with E-state index in [0.717, 1.165) is 0 Å². The van der Waals surface area contributed by atoms with E-state index in [2.05, 4.69) is 55.6 Å².